The lowest BCUT2D eigenvalue weighted by atomic mass is 10.0. The van der Waals surface area contributed by atoms with Gasteiger partial charge in [0, 0.05) is 12.0 Å². The van der Waals surface area contributed by atoms with Gasteiger partial charge in [-0.2, -0.15) is 0 Å². The lowest BCUT2D eigenvalue weighted by Gasteiger charge is -2.09. The molecule has 104 valence electrons. The van der Waals surface area contributed by atoms with E-state index in [0.29, 0.717) is 17.1 Å². The highest BCUT2D eigenvalue weighted by molar-refractivity contribution is 5.98. The van der Waals surface area contributed by atoms with Crippen molar-refractivity contribution in [2.75, 3.05) is 14.2 Å². The number of carbonyl (C=O) groups is 1. The molecule has 0 amide bonds. The molecule has 0 saturated carbocycles. The Kier molecular flexibility index (Phi) is 4.35. The maximum absolute atomic E-state index is 12.8. The summed E-state index contributed by atoms with van der Waals surface area (Å²) in [5, 5.41) is 0. The molecule has 4 heteroatoms. The van der Waals surface area contributed by atoms with E-state index in [9.17, 15) is 9.18 Å². The molecule has 0 spiro atoms. The van der Waals surface area contributed by atoms with Crippen LogP contribution in [0.5, 0.6) is 11.5 Å². The summed E-state index contributed by atoms with van der Waals surface area (Å²) in [7, 11) is 3.06. The van der Waals surface area contributed by atoms with Crippen molar-refractivity contribution in [2.45, 2.75) is 6.42 Å². The van der Waals surface area contributed by atoms with E-state index in [-0.39, 0.29) is 18.0 Å². The largest absolute Gasteiger partial charge is 0.493 e. The fraction of sp³-hybridized carbons (Fsp3) is 0.188. The van der Waals surface area contributed by atoms with Crippen molar-refractivity contribution >= 4 is 5.78 Å². The van der Waals surface area contributed by atoms with Gasteiger partial charge in [-0.25, -0.2) is 4.39 Å². The van der Waals surface area contributed by atoms with Crippen LogP contribution in [0.15, 0.2) is 42.5 Å². The second-order valence-corrected chi connectivity index (χ2v) is 4.30. The van der Waals surface area contributed by atoms with Crippen molar-refractivity contribution in [2.24, 2.45) is 0 Å². The maximum Gasteiger partial charge on any atom is 0.167 e. The van der Waals surface area contributed by atoms with Crippen molar-refractivity contribution < 1.29 is 18.7 Å². The van der Waals surface area contributed by atoms with Gasteiger partial charge in [0.2, 0.25) is 0 Å². The van der Waals surface area contributed by atoms with Crippen LogP contribution in [-0.2, 0) is 6.42 Å². The standard InChI is InChI=1S/C16H15FO3/c1-19-15-8-5-12(10-16(15)20-2)14(18)9-11-3-6-13(17)7-4-11/h3-8,10H,9H2,1-2H3. The minimum atomic E-state index is -0.313. The van der Waals surface area contributed by atoms with E-state index in [1.165, 1.54) is 26.4 Å². The Labute approximate surface area is 117 Å². The van der Waals surface area contributed by atoms with Crippen LogP contribution in [0.25, 0.3) is 0 Å². The van der Waals surface area contributed by atoms with Crippen LogP contribution in [0.2, 0.25) is 0 Å². The number of halogens is 1. The average molecular weight is 274 g/mol. The Morgan fingerprint density at radius 2 is 1.65 bits per heavy atom. The number of Topliss-reactive ketones (excluding diaryl/α,β-unsaturated/α-hetero) is 1. The zero-order valence-corrected chi connectivity index (χ0v) is 11.4. The van der Waals surface area contributed by atoms with Crippen LogP contribution >= 0.6 is 0 Å². The molecule has 0 saturated heterocycles. The van der Waals surface area contributed by atoms with E-state index in [4.69, 9.17) is 9.47 Å². The number of ether oxygens (including phenoxy) is 2. The number of carbonyl (C=O) groups excluding carboxylic acids is 1. The second-order valence-electron chi connectivity index (χ2n) is 4.30. The smallest absolute Gasteiger partial charge is 0.167 e. The third-order valence-electron chi connectivity index (χ3n) is 2.98. The normalized spacial score (nSPS) is 10.2. The van der Waals surface area contributed by atoms with Gasteiger partial charge < -0.3 is 9.47 Å². The van der Waals surface area contributed by atoms with Crippen molar-refractivity contribution in [3.05, 3.63) is 59.4 Å². The predicted molar refractivity (Wildman–Crippen MR) is 74.0 cm³/mol. The molecule has 0 atom stereocenters. The maximum atomic E-state index is 12.8. The first-order valence-corrected chi connectivity index (χ1v) is 6.13. The summed E-state index contributed by atoms with van der Waals surface area (Å²) in [4.78, 5) is 12.2. The van der Waals surface area contributed by atoms with Gasteiger partial charge in [0.15, 0.2) is 17.3 Å². The quantitative estimate of drug-likeness (QED) is 0.785. The molecule has 20 heavy (non-hydrogen) atoms. The third-order valence-corrected chi connectivity index (χ3v) is 2.98. The molecule has 0 radical (unpaired) electrons. The van der Waals surface area contributed by atoms with Crippen LogP contribution in [0.3, 0.4) is 0 Å². The zero-order valence-electron chi connectivity index (χ0n) is 11.4. The molecule has 0 N–H and O–H groups in total. The number of rotatable bonds is 5. The summed E-state index contributed by atoms with van der Waals surface area (Å²) < 4.78 is 23.1. The van der Waals surface area contributed by atoms with Crippen LogP contribution in [0.1, 0.15) is 15.9 Å². The molecule has 0 fully saturated rings. The third kappa shape index (κ3) is 3.15. The van der Waals surface area contributed by atoms with Crippen LogP contribution in [-0.4, -0.2) is 20.0 Å². The molecular formula is C16H15FO3. The second kappa shape index (κ2) is 6.19. The Bertz CT molecular complexity index is 606. The van der Waals surface area contributed by atoms with E-state index in [1.54, 1.807) is 30.3 Å². The Balaban J connectivity index is 2.18. The molecule has 0 heterocycles. The summed E-state index contributed by atoms with van der Waals surface area (Å²) in [6, 6.07) is 10.9. The lowest BCUT2D eigenvalue weighted by Crippen LogP contribution is -2.04. The number of hydrogen-bond donors (Lipinski definition) is 0. The summed E-state index contributed by atoms with van der Waals surface area (Å²) in [6.07, 6.45) is 0.218. The van der Waals surface area contributed by atoms with Gasteiger partial charge in [-0.15, -0.1) is 0 Å². The highest BCUT2D eigenvalue weighted by atomic mass is 19.1. The van der Waals surface area contributed by atoms with Crippen LogP contribution in [0.4, 0.5) is 4.39 Å². The molecule has 0 aromatic heterocycles. The van der Waals surface area contributed by atoms with Crippen molar-refractivity contribution in [1.82, 2.24) is 0 Å². The molecule has 0 aliphatic heterocycles. The summed E-state index contributed by atoms with van der Waals surface area (Å²) in [6.45, 7) is 0. The number of methoxy groups -OCH3 is 2. The van der Waals surface area contributed by atoms with Crippen LogP contribution in [0, 0.1) is 5.82 Å². The summed E-state index contributed by atoms with van der Waals surface area (Å²) in [5.41, 5.74) is 1.30. The van der Waals surface area contributed by atoms with E-state index in [2.05, 4.69) is 0 Å². The van der Waals surface area contributed by atoms with E-state index >= 15 is 0 Å². The Morgan fingerprint density at radius 3 is 2.25 bits per heavy atom. The number of benzene rings is 2. The van der Waals surface area contributed by atoms with Crippen molar-refractivity contribution in [3.63, 3.8) is 0 Å². The molecule has 2 aromatic carbocycles. The Hall–Kier alpha value is -2.36. The molecule has 3 nitrogen and oxygen atoms in total. The van der Waals surface area contributed by atoms with E-state index in [1.807, 2.05) is 0 Å². The van der Waals surface area contributed by atoms with Gasteiger partial charge in [0.05, 0.1) is 14.2 Å². The molecule has 0 unspecified atom stereocenters. The van der Waals surface area contributed by atoms with Crippen molar-refractivity contribution in [1.29, 1.82) is 0 Å². The first-order valence-electron chi connectivity index (χ1n) is 6.13. The van der Waals surface area contributed by atoms with Crippen molar-refractivity contribution in [3.8, 4) is 11.5 Å². The van der Waals surface area contributed by atoms with Gasteiger partial charge in [0.1, 0.15) is 5.82 Å². The fourth-order valence-electron chi connectivity index (χ4n) is 1.90. The highest BCUT2D eigenvalue weighted by Gasteiger charge is 2.11. The van der Waals surface area contributed by atoms with Gasteiger partial charge in [-0.3, -0.25) is 4.79 Å². The molecule has 0 aliphatic carbocycles. The van der Waals surface area contributed by atoms with Gasteiger partial charge in [-0.1, -0.05) is 12.1 Å². The van der Waals surface area contributed by atoms with Gasteiger partial charge in [-0.05, 0) is 35.9 Å². The van der Waals surface area contributed by atoms with Crippen LogP contribution < -0.4 is 9.47 Å². The van der Waals surface area contributed by atoms with E-state index in [0.717, 1.165) is 5.56 Å². The summed E-state index contributed by atoms with van der Waals surface area (Å²) in [5.74, 6) is 0.716. The molecule has 2 aromatic rings. The molecule has 0 aliphatic rings. The molecule has 0 bridgehead atoms. The topological polar surface area (TPSA) is 35.5 Å². The molecule has 2 rings (SSSR count). The average Bonchev–Trinajstić information content (AvgIpc) is 2.48. The first-order chi connectivity index (χ1) is 9.63. The summed E-state index contributed by atoms with van der Waals surface area (Å²) >= 11 is 0. The van der Waals surface area contributed by atoms with Gasteiger partial charge >= 0.3 is 0 Å². The number of hydrogen-bond acceptors (Lipinski definition) is 3. The highest BCUT2D eigenvalue weighted by Crippen LogP contribution is 2.28. The zero-order chi connectivity index (χ0) is 14.5. The Morgan fingerprint density at radius 1 is 1.00 bits per heavy atom. The fourth-order valence-corrected chi connectivity index (χ4v) is 1.90. The predicted octanol–water partition coefficient (Wildman–Crippen LogP) is 3.27. The molecular weight excluding hydrogens is 259 g/mol. The monoisotopic (exact) mass is 274 g/mol. The minimum absolute atomic E-state index is 0.0578. The lowest BCUT2D eigenvalue weighted by molar-refractivity contribution is 0.0992. The SMILES string of the molecule is COc1ccc(C(=O)Cc2ccc(F)cc2)cc1OC. The van der Waals surface area contributed by atoms with E-state index < -0.39 is 0 Å². The minimum Gasteiger partial charge on any atom is -0.493 e. The number of ketones is 1. The van der Waals surface area contributed by atoms with Gasteiger partial charge in [0.25, 0.3) is 0 Å². The first kappa shape index (κ1) is 14.1.